The molecule has 0 fully saturated rings. The Hall–Kier alpha value is -0.710. The molecule has 0 aromatic carbocycles. The van der Waals surface area contributed by atoms with Crippen LogP contribution in [0.15, 0.2) is 12.3 Å². The summed E-state index contributed by atoms with van der Waals surface area (Å²) in [5.74, 6) is -0.427. The van der Waals surface area contributed by atoms with Crippen LogP contribution < -0.4 is 0 Å². The van der Waals surface area contributed by atoms with Gasteiger partial charge >= 0.3 is 0 Å². The van der Waals surface area contributed by atoms with Crippen LogP contribution in [0.1, 0.15) is 17.7 Å². The van der Waals surface area contributed by atoms with E-state index in [0.29, 0.717) is 0 Å². The number of pyridine rings is 1. The average Bonchev–Trinajstić information content (AvgIpc) is 2.04. The molecule has 1 N–H and O–H groups in total. The van der Waals surface area contributed by atoms with Crippen molar-refractivity contribution in [3.8, 4) is 5.75 Å². The van der Waals surface area contributed by atoms with Crippen molar-refractivity contribution >= 4 is 15.9 Å². The number of rotatable bonds is 2. The first-order valence-electron chi connectivity index (χ1n) is 3.17. The van der Waals surface area contributed by atoms with Gasteiger partial charge in [-0.3, -0.25) is 4.98 Å². The summed E-state index contributed by atoms with van der Waals surface area (Å²) >= 11 is 3.02. The van der Waals surface area contributed by atoms with Crippen LogP contribution in [0.25, 0.3) is 0 Å². The van der Waals surface area contributed by atoms with E-state index in [1.807, 2.05) is 0 Å². The third-order valence-corrected chi connectivity index (χ3v) is 1.92. The predicted octanol–water partition coefficient (Wildman–Crippen LogP) is 2.62. The summed E-state index contributed by atoms with van der Waals surface area (Å²) in [7, 11) is 0. The normalized spacial score (nSPS) is 10.7. The lowest BCUT2D eigenvalue weighted by atomic mass is 10.2. The van der Waals surface area contributed by atoms with E-state index in [1.54, 1.807) is 0 Å². The Morgan fingerprint density at radius 2 is 2.25 bits per heavy atom. The third kappa shape index (κ3) is 1.72. The molecule has 12 heavy (non-hydrogen) atoms. The lowest BCUT2D eigenvalue weighted by molar-refractivity contribution is 0.147. The average molecular weight is 238 g/mol. The van der Waals surface area contributed by atoms with E-state index in [1.165, 1.54) is 6.20 Å². The van der Waals surface area contributed by atoms with E-state index in [-0.39, 0.29) is 16.6 Å². The maximum atomic E-state index is 12.1. The first-order valence-corrected chi connectivity index (χ1v) is 4.29. The fourth-order valence-electron chi connectivity index (χ4n) is 0.788. The van der Waals surface area contributed by atoms with Crippen LogP contribution in [-0.4, -0.2) is 10.1 Å². The van der Waals surface area contributed by atoms with Gasteiger partial charge in [-0.2, -0.15) is 0 Å². The fraction of sp³-hybridized carbons (Fsp3) is 0.286. The summed E-state index contributed by atoms with van der Waals surface area (Å²) in [6.07, 6.45) is -1.41. The Morgan fingerprint density at radius 1 is 1.58 bits per heavy atom. The van der Waals surface area contributed by atoms with Gasteiger partial charge in [-0.05, 0) is 6.07 Å². The second-order valence-electron chi connectivity index (χ2n) is 2.13. The highest BCUT2D eigenvalue weighted by molar-refractivity contribution is 9.08. The van der Waals surface area contributed by atoms with Crippen LogP contribution in [-0.2, 0) is 5.33 Å². The third-order valence-electron chi connectivity index (χ3n) is 1.39. The van der Waals surface area contributed by atoms with Crippen LogP contribution in [0.2, 0.25) is 0 Å². The van der Waals surface area contributed by atoms with Crippen molar-refractivity contribution in [3.05, 3.63) is 23.5 Å². The van der Waals surface area contributed by atoms with Gasteiger partial charge in [-0.25, -0.2) is 8.78 Å². The maximum absolute atomic E-state index is 12.1. The minimum absolute atomic E-state index is 0.229. The quantitative estimate of drug-likeness (QED) is 0.803. The number of hydrogen-bond donors (Lipinski definition) is 1. The van der Waals surface area contributed by atoms with Crippen molar-refractivity contribution in [2.24, 2.45) is 0 Å². The molecule has 1 aromatic heterocycles. The van der Waals surface area contributed by atoms with E-state index < -0.39 is 12.2 Å². The largest absolute Gasteiger partial charge is 0.505 e. The second kappa shape index (κ2) is 3.80. The molecule has 66 valence electrons. The topological polar surface area (TPSA) is 33.1 Å². The van der Waals surface area contributed by atoms with Crippen LogP contribution in [0, 0.1) is 0 Å². The van der Waals surface area contributed by atoms with Crippen molar-refractivity contribution in [1.82, 2.24) is 4.98 Å². The first-order chi connectivity index (χ1) is 5.66. The predicted molar refractivity (Wildman–Crippen MR) is 43.5 cm³/mol. The van der Waals surface area contributed by atoms with E-state index >= 15 is 0 Å². The Kier molecular flexibility index (Phi) is 2.97. The Morgan fingerprint density at radius 3 is 2.75 bits per heavy atom. The van der Waals surface area contributed by atoms with E-state index in [9.17, 15) is 13.9 Å². The Balaban J connectivity index is 3.14. The molecule has 0 aliphatic heterocycles. The molecule has 0 bridgehead atoms. The molecule has 5 heteroatoms. The minimum atomic E-state index is -2.66. The van der Waals surface area contributed by atoms with Gasteiger partial charge in [0.1, 0.15) is 5.75 Å². The molecule has 2 nitrogen and oxygen atoms in total. The summed E-state index contributed by atoms with van der Waals surface area (Å²) in [6, 6.07) is 1.10. The van der Waals surface area contributed by atoms with Crippen molar-refractivity contribution in [1.29, 1.82) is 0 Å². The van der Waals surface area contributed by atoms with E-state index in [4.69, 9.17) is 0 Å². The molecule has 0 amide bonds. The summed E-state index contributed by atoms with van der Waals surface area (Å²) < 4.78 is 24.3. The molecule has 0 saturated carbocycles. The maximum Gasteiger partial charge on any atom is 0.267 e. The van der Waals surface area contributed by atoms with Gasteiger partial charge in [0, 0.05) is 11.5 Å². The molecule has 0 spiro atoms. The minimum Gasteiger partial charge on any atom is -0.505 e. The number of hydrogen-bond acceptors (Lipinski definition) is 2. The van der Waals surface area contributed by atoms with E-state index in [0.717, 1.165) is 6.07 Å². The fourth-order valence-corrected chi connectivity index (χ4v) is 1.20. The SMILES string of the molecule is Oc1c(C(F)F)ccnc1CBr. The van der Waals surface area contributed by atoms with Gasteiger partial charge in [0.25, 0.3) is 6.43 Å². The molecule has 0 aliphatic carbocycles. The lowest BCUT2D eigenvalue weighted by Crippen LogP contribution is -1.92. The summed E-state index contributed by atoms with van der Waals surface area (Å²) in [5.41, 5.74) is -0.146. The van der Waals surface area contributed by atoms with Gasteiger partial charge in [0.15, 0.2) is 0 Å². The summed E-state index contributed by atoms with van der Waals surface area (Å²) in [5, 5.41) is 9.45. The molecular weight excluding hydrogens is 232 g/mol. The smallest absolute Gasteiger partial charge is 0.267 e. The number of nitrogens with zero attached hydrogens (tertiary/aromatic N) is 1. The highest BCUT2D eigenvalue weighted by atomic mass is 79.9. The Bertz CT molecular complexity index is 280. The molecule has 0 saturated heterocycles. The number of aromatic nitrogens is 1. The van der Waals surface area contributed by atoms with Gasteiger partial charge in [0.05, 0.1) is 11.3 Å². The monoisotopic (exact) mass is 237 g/mol. The number of alkyl halides is 3. The molecule has 0 atom stereocenters. The van der Waals surface area contributed by atoms with Crippen LogP contribution in [0.4, 0.5) is 8.78 Å². The zero-order valence-corrected chi connectivity index (χ0v) is 7.55. The van der Waals surface area contributed by atoms with Crippen molar-refractivity contribution < 1.29 is 13.9 Å². The molecule has 1 rings (SSSR count). The molecule has 0 unspecified atom stereocenters. The van der Waals surface area contributed by atoms with Crippen LogP contribution in [0.5, 0.6) is 5.75 Å². The number of aromatic hydroxyl groups is 1. The van der Waals surface area contributed by atoms with E-state index in [2.05, 4.69) is 20.9 Å². The second-order valence-corrected chi connectivity index (χ2v) is 2.69. The van der Waals surface area contributed by atoms with Crippen molar-refractivity contribution in [2.75, 3.05) is 0 Å². The highest BCUT2D eigenvalue weighted by Crippen LogP contribution is 2.30. The molecular formula is C7H6BrF2NO. The van der Waals surface area contributed by atoms with Gasteiger partial charge in [0.2, 0.25) is 0 Å². The van der Waals surface area contributed by atoms with Crippen molar-refractivity contribution in [2.45, 2.75) is 11.8 Å². The van der Waals surface area contributed by atoms with Gasteiger partial charge < -0.3 is 5.11 Å². The number of halogens is 3. The Labute approximate surface area is 76.4 Å². The molecule has 0 aliphatic rings. The molecule has 0 radical (unpaired) electrons. The van der Waals surface area contributed by atoms with Gasteiger partial charge in [-0.1, -0.05) is 15.9 Å². The zero-order valence-electron chi connectivity index (χ0n) is 5.97. The lowest BCUT2D eigenvalue weighted by Gasteiger charge is -2.04. The molecule has 1 heterocycles. The highest BCUT2D eigenvalue weighted by Gasteiger charge is 2.15. The first kappa shape index (κ1) is 9.38. The van der Waals surface area contributed by atoms with Crippen molar-refractivity contribution in [3.63, 3.8) is 0 Å². The summed E-state index contributed by atoms with van der Waals surface area (Å²) in [4.78, 5) is 3.71. The molecule has 1 aromatic rings. The summed E-state index contributed by atoms with van der Waals surface area (Å²) in [6.45, 7) is 0. The van der Waals surface area contributed by atoms with Gasteiger partial charge in [-0.15, -0.1) is 0 Å². The standard InChI is InChI=1S/C7H6BrF2NO/c8-3-5-6(12)4(7(9)10)1-2-11-5/h1-2,7,12H,3H2. The van der Waals surface area contributed by atoms with Crippen LogP contribution >= 0.6 is 15.9 Å². The zero-order chi connectivity index (χ0) is 9.14. The van der Waals surface area contributed by atoms with Crippen LogP contribution in [0.3, 0.4) is 0 Å².